The van der Waals surface area contributed by atoms with Crippen LogP contribution < -0.4 is 24.3 Å². The van der Waals surface area contributed by atoms with Gasteiger partial charge in [-0.1, -0.05) is 0 Å². The lowest BCUT2D eigenvalue weighted by Crippen LogP contribution is -2.13. The molecule has 138 valence electrons. The molecule has 1 atom stereocenters. The number of hydrogen-bond donors (Lipinski definition) is 2. The van der Waals surface area contributed by atoms with Crippen LogP contribution in [0.1, 0.15) is 24.5 Å². The van der Waals surface area contributed by atoms with E-state index in [-0.39, 0.29) is 25.5 Å². The van der Waals surface area contributed by atoms with E-state index in [4.69, 9.17) is 18.9 Å². The first kappa shape index (κ1) is 17.9. The van der Waals surface area contributed by atoms with Gasteiger partial charge in [0.05, 0.1) is 20.3 Å². The van der Waals surface area contributed by atoms with Crippen molar-refractivity contribution >= 4 is 11.6 Å². The minimum atomic E-state index is -0.821. The summed E-state index contributed by atoms with van der Waals surface area (Å²) in [6, 6.07) is 10.4. The lowest BCUT2D eigenvalue weighted by molar-refractivity contribution is -0.116. The number of methoxy groups -OCH3 is 2. The number of aliphatic hydroxyl groups is 1. The van der Waals surface area contributed by atoms with E-state index in [0.29, 0.717) is 34.2 Å². The van der Waals surface area contributed by atoms with Crippen LogP contribution in [-0.4, -0.2) is 32.0 Å². The molecule has 7 nitrogen and oxygen atoms in total. The average molecular weight is 359 g/mol. The lowest BCUT2D eigenvalue weighted by Gasteiger charge is -2.15. The Morgan fingerprint density at radius 2 is 1.96 bits per heavy atom. The molecule has 7 heteroatoms. The molecule has 0 fully saturated rings. The molecule has 0 bridgehead atoms. The van der Waals surface area contributed by atoms with Crippen LogP contribution in [0.3, 0.4) is 0 Å². The Kier molecular flexibility index (Phi) is 5.48. The number of amides is 1. The summed E-state index contributed by atoms with van der Waals surface area (Å²) in [6.07, 6.45) is -0.400. The molecular weight excluding hydrogens is 338 g/mol. The van der Waals surface area contributed by atoms with Gasteiger partial charge in [-0.3, -0.25) is 4.79 Å². The lowest BCUT2D eigenvalue weighted by atomic mass is 10.0. The molecule has 1 aliphatic heterocycles. The van der Waals surface area contributed by atoms with E-state index in [9.17, 15) is 9.90 Å². The number of nitrogens with one attached hydrogen (secondary N) is 1. The maximum atomic E-state index is 12.2. The predicted octanol–water partition coefficient (Wildman–Crippen LogP) is 2.88. The summed E-state index contributed by atoms with van der Waals surface area (Å²) in [6.45, 7) is 0.183. The van der Waals surface area contributed by atoms with Crippen molar-refractivity contribution in [1.29, 1.82) is 0 Å². The van der Waals surface area contributed by atoms with Gasteiger partial charge in [-0.05, 0) is 30.7 Å². The molecule has 0 saturated carbocycles. The molecule has 1 aliphatic rings. The molecule has 0 aliphatic carbocycles. The van der Waals surface area contributed by atoms with E-state index in [1.54, 1.807) is 43.5 Å². The molecule has 26 heavy (non-hydrogen) atoms. The van der Waals surface area contributed by atoms with Crippen LogP contribution in [0.15, 0.2) is 36.4 Å². The first-order valence-corrected chi connectivity index (χ1v) is 8.20. The largest absolute Gasteiger partial charge is 0.497 e. The van der Waals surface area contributed by atoms with Crippen molar-refractivity contribution in [3.63, 3.8) is 0 Å². The van der Waals surface area contributed by atoms with Crippen molar-refractivity contribution in [1.82, 2.24) is 0 Å². The van der Waals surface area contributed by atoms with Crippen molar-refractivity contribution in [2.75, 3.05) is 26.3 Å². The Morgan fingerprint density at radius 1 is 1.15 bits per heavy atom. The van der Waals surface area contributed by atoms with E-state index >= 15 is 0 Å². The number of rotatable bonds is 7. The van der Waals surface area contributed by atoms with Gasteiger partial charge in [-0.25, -0.2) is 0 Å². The number of hydrogen-bond acceptors (Lipinski definition) is 6. The molecule has 1 unspecified atom stereocenters. The summed E-state index contributed by atoms with van der Waals surface area (Å²) in [5.41, 5.74) is 1.24. The Morgan fingerprint density at radius 3 is 2.73 bits per heavy atom. The fraction of sp³-hybridized carbons (Fsp3) is 0.316. The van der Waals surface area contributed by atoms with Gasteiger partial charge < -0.3 is 29.4 Å². The zero-order chi connectivity index (χ0) is 18.5. The Bertz CT molecular complexity index is 792. The molecule has 3 rings (SSSR count). The van der Waals surface area contributed by atoms with E-state index in [1.807, 2.05) is 0 Å². The maximum absolute atomic E-state index is 12.2. The Balaban J connectivity index is 1.57. The summed E-state index contributed by atoms with van der Waals surface area (Å²) in [4.78, 5) is 12.2. The first-order chi connectivity index (χ1) is 12.6. The normalized spacial score (nSPS) is 13.2. The SMILES string of the molecule is COc1ccc(C(O)CCC(=O)Nc2ccc3c(c2)OCO3)c(OC)c1. The zero-order valence-electron chi connectivity index (χ0n) is 14.7. The summed E-state index contributed by atoms with van der Waals surface area (Å²) >= 11 is 0. The first-order valence-electron chi connectivity index (χ1n) is 8.20. The van der Waals surface area contributed by atoms with Gasteiger partial charge >= 0.3 is 0 Å². The molecule has 0 radical (unpaired) electrons. The van der Waals surface area contributed by atoms with E-state index in [1.165, 1.54) is 7.11 Å². The zero-order valence-corrected chi connectivity index (χ0v) is 14.7. The summed E-state index contributed by atoms with van der Waals surface area (Å²) in [5.74, 6) is 2.22. The van der Waals surface area contributed by atoms with Gasteiger partial charge in [0.25, 0.3) is 0 Å². The van der Waals surface area contributed by atoms with Gasteiger partial charge in [0, 0.05) is 29.8 Å². The van der Waals surface area contributed by atoms with Gasteiger partial charge in [0.1, 0.15) is 11.5 Å². The van der Waals surface area contributed by atoms with Crippen molar-refractivity contribution in [2.45, 2.75) is 18.9 Å². The molecule has 2 aromatic carbocycles. The highest BCUT2D eigenvalue weighted by molar-refractivity contribution is 5.91. The van der Waals surface area contributed by atoms with Gasteiger partial charge in [-0.15, -0.1) is 0 Å². The average Bonchev–Trinajstić information content (AvgIpc) is 3.13. The summed E-state index contributed by atoms with van der Waals surface area (Å²) in [5, 5.41) is 13.2. The van der Waals surface area contributed by atoms with Crippen molar-refractivity contribution in [3.05, 3.63) is 42.0 Å². The van der Waals surface area contributed by atoms with Crippen molar-refractivity contribution in [2.24, 2.45) is 0 Å². The van der Waals surface area contributed by atoms with Crippen molar-refractivity contribution in [3.8, 4) is 23.0 Å². The van der Waals surface area contributed by atoms with Gasteiger partial charge in [0.15, 0.2) is 11.5 Å². The van der Waals surface area contributed by atoms with Gasteiger partial charge in [-0.2, -0.15) is 0 Å². The predicted molar refractivity (Wildman–Crippen MR) is 94.9 cm³/mol. The number of carbonyl (C=O) groups is 1. The third kappa shape index (κ3) is 4.00. The van der Waals surface area contributed by atoms with Crippen LogP contribution in [-0.2, 0) is 4.79 Å². The molecular formula is C19H21NO6. The van der Waals surface area contributed by atoms with Crippen LogP contribution in [0.4, 0.5) is 5.69 Å². The van der Waals surface area contributed by atoms with Crippen LogP contribution >= 0.6 is 0 Å². The minimum Gasteiger partial charge on any atom is -0.497 e. The van der Waals surface area contributed by atoms with Crippen LogP contribution in [0, 0.1) is 0 Å². The van der Waals surface area contributed by atoms with Crippen LogP contribution in [0.25, 0.3) is 0 Å². The third-order valence-electron chi connectivity index (χ3n) is 4.10. The molecule has 1 amide bonds. The highest BCUT2D eigenvalue weighted by Crippen LogP contribution is 2.34. The quantitative estimate of drug-likeness (QED) is 0.791. The molecule has 2 N–H and O–H groups in total. The Labute approximate surface area is 151 Å². The highest BCUT2D eigenvalue weighted by atomic mass is 16.7. The molecule has 1 heterocycles. The monoisotopic (exact) mass is 359 g/mol. The second-order valence-corrected chi connectivity index (χ2v) is 5.78. The van der Waals surface area contributed by atoms with Crippen molar-refractivity contribution < 1.29 is 28.8 Å². The number of anilines is 1. The van der Waals surface area contributed by atoms with Crippen LogP contribution in [0.5, 0.6) is 23.0 Å². The third-order valence-corrected chi connectivity index (χ3v) is 4.10. The number of ether oxygens (including phenoxy) is 4. The smallest absolute Gasteiger partial charge is 0.231 e. The fourth-order valence-electron chi connectivity index (χ4n) is 2.71. The van der Waals surface area contributed by atoms with E-state index < -0.39 is 6.10 Å². The minimum absolute atomic E-state index is 0.158. The topological polar surface area (TPSA) is 86.3 Å². The maximum Gasteiger partial charge on any atom is 0.231 e. The highest BCUT2D eigenvalue weighted by Gasteiger charge is 2.17. The Hall–Kier alpha value is -2.93. The number of aliphatic hydroxyl groups excluding tert-OH is 1. The second-order valence-electron chi connectivity index (χ2n) is 5.78. The fourth-order valence-corrected chi connectivity index (χ4v) is 2.71. The number of carbonyl (C=O) groups excluding carboxylic acids is 1. The number of benzene rings is 2. The standard InChI is InChI=1S/C19H21NO6/c1-23-13-4-5-14(17(10-13)24-2)15(21)6-8-19(22)20-12-3-7-16-18(9-12)26-11-25-16/h3-5,7,9-10,15,21H,6,8,11H2,1-2H3,(H,20,22). The molecule has 0 aromatic heterocycles. The summed E-state index contributed by atoms with van der Waals surface area (Å²) in [7, 11) is 3.09. The molecule has 0 spiro atoms. The molecule has 2 aromatic rings. The van der Waals surface area contributed by atoms with E-state index in [2.05, 4.69) is 5.32 Å². The van der Waals surface area contributed by atoms with Gasteiger partial charge in [0.2, 0.25) is 12.7 Å². The van der Waals surface area contributed by atoms with E-state index in [0.717, 1.165) is 0 Å². The number of fused-ring (bicyclic) bond motifs is 1. The molecule has 0 saturated heterocycles. The second kappa shape index (κ2) is 7.97. The summed E-state index contributed by atoms with van der Waals surface area (Å²) < 4.78 is 20.9. The van der Waals surface area contributed by atoms with Crippen LogP contribution in [0.2, 0.25) is 0 Å².